The van der Waals surface area contributed by atoms with Crippen molar-refractivity contribution in [3.05, 3.63) is 52.8 Å². The molecule has 0 saturated carbocycles. The van der Waals surface area contributed by atoms with Gasteiger partial charge >= 0.3 is 0 Å². The molecule has 0 atom stereocenters. The van der Waals surface area contributed by atoms with E-state index in [1.807, 2.05) is 42.3 Å². The molecule has 1 amide bonds. The van der Waals surface area contributed by atoms with Crippen LogP contribution in [0.1, 0.15) is 27.2 Å². The summed E-state index contributed by atoms with van der Waals surface area (Å²) in [6.07, 6.45) is 2.81. The zero-order valence-corrected chi connectivity index (χ0v) is 11.8. The van der Waals surface area contributed by atoms with Crippen molar-refractivity contribution in [1.29, 1.82) is 0 Å². The molecule has 0 saturated heterocycles. The van der Waals surface area contributed by atoms with Crippen LogP contribution in [0, 0.1) is 6.92 Å². The maximum atomic E-state index is 12.7. The van der Waals surface area contributed by atoms with Crippen molar-refractivity contribution in [3.8, 4) is 5.75 Å². The number of benzene rings is 1. The number of nitrogens with zero attached hydrogens (tertiary/aromatic N) is 1. The molecule has 20 heavy (non-hydrogen) atoms. The molecule has 0 fully saturated rings. The Morgan fingerprint density at radius 2 is 2.20 bits per heavy atom. The van der Waals surface area contributed by atoms with Crippen LogP contribution in [-0.4, -0.2) is 29.4 Å². The molecule has 1 aliphatic rings. The molecule has 0 aliphatic carbocycles. The first kappa shape index (κ1) is 12.8. The van der Waals surface area contributed by atoms with Gasteiger partial charge in [0.05, 0.1) is 12.7 Å². The summed E-state index contributed by atoms with van der Waals surface area (Å²) in [5, 5.41) is 0. The fraction of sp³-hybridized carbons (Fsp3) is 0.312. The zero-order chi connectivity index (χ0) is 14.1. The number of amides is 1. The van der Waals surface area contributed by atoms with Crippen LogP contribution in [-0.2, 0) is 13.0 Å². The molecule has 4 nitrogen and oxygen atoms in total. The Bertz CT molecular complexity index is 646. The highest BCUT2D eigenvalue weighted by atomic mass is 16.5. The number of methoxy groups -OCH3 is 1. The Morgan fingerprint density at radius 1 is 1.35 bits per heavy atom. The molecule has 104 valence electrons. The Balaban J connectivity index is 1.88. The lowest BCUT2D eigenvalue weighted by molar-refractivity contribution is 0.0731. The number of aromatic amines is 1. The molecule has 3 rings (SSSR count). The fourth-order valence-electron chi connectivity index (χ4n) is 2.68. The molecule has 2 aromatic rings. The van der Waals surface area contributed by atoms with Gasteiger partial charge in [-0.1, -0.05) is 11.6 Å². The van der Waals surface area contributed by atoms with Gasteiger partial charge in [0, 0.05) is 31.4 Å². The highest BCUT2D eigenvalue weighted by Crippen LogP contribution is 2.24. The van der Waals surface area contributed by atoms with Crippen LogP contribution in [0.3, 0.4) is 0 Å². The van der Waals surface area contributed by atoms with Crippen LogP contribution in [0.2, 0.25) is 0 Å². The Labute approximate surface area is 118 Å². The number of fused-ring (bicyclic) bond motifs is 1. The number of H-pyrrole nitrogens is 1. The van der Waals surface area contributed by atoms with Crippen molar-refractivity contribution >= 4 is 5.91 Å². The maximum absolute atomic E-state index is 12.7. The van der Waals surface area contributed by atoms with Gasteiger partial charge in [-0.3, -0.25) is 4.79 Å². The second-order valence-electron chi connectivity index (χ2n) is 5.16. The molecular formula is C16H18N2O2. The summed E-state index contributed by atoms with van der Waals surface area (Å²) >= 11 is 0. The second-order valence-corrected chi connectivity index (χ2v) is 5.16. The summed E-state index contributed by atoms with van der Waals surface area (Å²) in [5.74, 6) is 0.679. The van der Waals surface area contributed by atoms with Gasteiger partial charge in [-0.15, -0.1) is 0 Å². The summed E-state index contributed by atoms with van der Waals surface area (Å²) in [7, 11) is 1.60. The van der Waals surface area contributed by atoms with E-state index in [0.29, 0.717) is 17.9 Å². The largest absolute Gasteiger partial charge is 0.496 e. The molecule has 1 aliphatic heterocycles. The minimum absolute atomic E-state index is 0.0393. The molecule has 4 heteroatoms. The number of carbonyl (C=O) groups is 1. The van der Waals surface area contributed by atoms with Gasteiger partial charge in [0.1, 0.15) is 5.75 Å². The second kappa shape index (κ2) is 5.04. The molecule has 0 unspecified atom stereocenters. The number of carbonyl (C=O) groups excluding carboxylic acids is 1. The quantitative estimate of drug-likeness (QED) is 0.911. The van der Waals surface area contributed by atoms with Gasteiger partial charge in [0.2, 0.25) is 0 Å². The third-order valence-corrected chi connectivity index (χ3v) is 3.80. The number of rotatable bonds is 2. The summed E-state index contributed by atoms with van der Waals surface area (Å²) < 4.78 is 5.31. The standard InChI is InChI=1S/C16H18N2O2/c1-11-3-4-15(20-2)13(9-11)16(19)18-8-6-14-12(10-18)5-7-17-14/h3-5,7,9,17H,6,8,10H2,1-2H3. The average molecular weight is 270 g/mol. The Kier molecular flexibility index (Phi) is 3.22. The molecule has 1 N–H and O–H groups in total. The summed E-state index contributed by atoms with van der Waals surface area (Å²) in [4.78, 5) is 17.8. The summed E-state index contributed by atoms with van der Waals surface area (Å²) in [5.41, 5.74) is 4.15. The van der Waals surface area contributed by atoms with Crippen molar-refractivity contribution in [2.45, 2.75) is 19.9 Å². The van der Waals surface area contributed by atoms with Crippen molar-refractivity contribution in [3.63, 3.8) is 0 Å². The van der Waals surface area contributed by atoms with Gasteiger partial charge in [-0.25, -0.2) is 0 Å². The first-order valence-corrected chi connectivity index (χ1v) is 6.78. The minimum Gasteiger partial charge on any atom is -0.496 e. The predicted molar refractivity (Wildman–Crippen MR) is 77.0 cm³/mol. The molecule has 0 radical (unpaired) electrons. The third-order valence-electron chi connectivity index (χ3n) is 3.80. The Hall–Kier alpha value is -2.23. The van der Waals surface area contributed by atoms with E-state index < -0.39 is 0 Å². The topological polar surface area (TPSA) is 45.3 Å². The smallest absolute Gasteiger partial charge is 0.257 e. The maximum Gasteiger partial charge on any atom is 0.257 e. The Morgan fingerprint density at radius 3 is 3.00 bits per heavy atom. The van der Waals surface area contributed by atoms with E-state index in [-0.39, 0.29) is 5.91 Å². The summed E-state index contributed by atoms with van der Waals surface area (Å²) in [6, 6.07) is 7.75. The fourth-order valence-corrected chi connectivity index (χ4v) is 2.68. The highest BCUT2D eigenvalue weighted by molar-refractivity contribution is 5.97. The van der Waals surface area contributed by atoms with Crippen molar-refractivity contribution in [1.82, 2.24) is 9.88 Å². The first-order valence-electron chi connectivity index (χ1n) is 6.78. The van der Waals surface area contributed by atoms with Crippen LogP contribution >= 0.6 is 0 Å². The normalized spacial score (nSPS) is 14.0. The van der Waals surface area contributed by atoms with Crippen LogP contribution in [0.5, 0.6) is 5.75 Å². The van der Waals surface area contributed by atoms with E-state index in [2.05, 4.69) is 4.98 Å². The van der Waals surface area contributed by atoms with Gasteiger partial charge < -0.3 is 14.6 Å². The predicted octanol–water partition coefficient (Wildman–Crippen LogP) is 2.53. The SMILES string of the molecule is COc1ccc(C)cc1C(=O)N1CCc2[nH]ccc2C1. The monoisotopic (exact) mass is 270 g/mol. The number of hydrogen-bond acceptors (Lipinski definition) is 2. The first-order chi connectivity index (χ1) is 9.69. The molecule has 2 heterocycles. The van der Waals surface area contributed by atoms with Gasteiger partial charge in [-0.2, -0.15) is 0 Å². The molecule has 1 aromatic carbocycles. The minimum atomic E-state index is 0.0393. The highest BCUT2D eigenvalue weighted by Gasteiger charge is 2.24. The van der Waals surface area contributed by atoms with Crippen LogP contribution < -0.4 is 4.74 Å². The van der Waals surface area contributed by atoms with Crippen molar-refractivity contribution < 1.29 is 9.53 Å². The van der Waals surface area contributed by atoms with Gasteiger partial charge in [0.25, 0.3) is 5.91 Å². The molecule has 0 spiro atoms. The van der Waals surface area contributed by atoms with Gasteiger partial charge in [-0.05, 0) is 30.7 Å². The molecular weight excluding hydrogens is 252 g/mol. The van der Waals surface area contributed by atoms with E-state index in [1.165, 1.54) is 11.3 Å². The number of nitrogens with one attached hydrogen (secondary N) is 1. The average Bonchev–Trinajstić information content (AvgIpc) is 2.93. The number of hydrogen-bond donors (Lipinski definition) is 1. The van der Waals surface area contributed by atoms with E-state index in [1.54, 1.807) is 7.11 Å². The lowest BCUT2D eigenvalue weighted by atomic mass is 10.1. The van der Waals surface area contributed by atoms with Crippen molar-refractivity contribution in [2.75, 3.05) is 13.7 Å². The molecule has 1 aromatic heterocycles. The summed E-state index contributed by atoms with van der Waals surface area (Å²) in [6.45, 7) is 3.38. The van der Waals surface area contributed by atoms with Crippen LogP contribution in [0.4, 0.5) is 0 Å². The van der Waals surface area contributed by atoms with E-state index in [0.717, 1.165) is 18.5 Å². The zero-order valence-electron chi connectivity index (χ0n) is 11.8. The number of ether oxygens (including phenoxy) is 1. The van der Waals surface area contributed by atoms with Crippen molar-refractivity contribution in [2.24, 2.45) is 0 Å². The lowest BCUT2D eigenvalue weighted by Crippen LogP contribution is -2.35. The number of aryl methyl sites for hydroxylation is 1. The lowest BCUT2D eigenvalue weighted by Gasteiger charge is -2.27. The molecule has 0 bridgehead atoms. The number of aromatic nitrogens is 1. The van der Waals surface area contributed by atoms with E-state index >= 15 is 0 Å². The van der Waals surface area contributed by atoms with Crippen LogP contribution in [0.15, 0.2) is 30.5 Å². The van der Waals surface area contributed by atoms with E-state index in [9.17, 15) is 4.79 Å². The van der Waals surface area contributed by atoms with Gasteiger partial charge in [0.15, 0.2) is 0 Å². The van der Waals surface area contributed by atoms with Crippen LogP contribution in [0.25, 0.3) is 0 Å². The third kappa shape index (κ3) is 2.18. The van der Waals surface area contributed by atoms with E-state index in [4.69, 9.17) is 4.74 Å².